The van der Waals surface area contributed by atoms with Gasteiger partial charge in [-0.25, -0.2) is 4.39 Å². The zero-order valence-corrected chi connectivity index (χ0v) is 12.9. The summed E-state index contributed by atoms with van der Waals surface area (Å²) in [4.78, 5) is 0. The van der Waals surface area contributed by atoms with Crippen molar-refractivity contribution in [2.45, 2.75) is 32.6 Å². The van der Waals surface area contributed by atoms with E-state index in [-0.39, 0.29) is 5.82 Å². The van der Waals surface area contributed by atoms with E-state index in [2.05, 4.69) is 43.4 Å². The standard InChI is InChI=1S/C19H24FN/c1-3-15-5-7-16(8-6-15)13-18(14-21-4-2)17-9-11-19(20)12-10-17/h5-12,18,21H,3-4,13-14H2,1-2H3. The Morgan fingerprint density at radius 1 is 0.905 bits per heavy atom. The molecule has 2 aromatic rings. The van der Waals surface area contributed by atoms with Gasteiger partial charge in [-0.3, -0.25) is 0 Å². The van der Waals surface area contributed by atoms with E-state index in [0.29, 0.717) is 5.92 Å². The van der Waals surface area contributed by atoms with E-state index in [9.17, 15) is 4.39 Å². The number of halogens is 1. The van der Waals surface area contributed by atoms with Crippen molar-refractivity contribution >= 4 is 0 Å². The van der Waals surface area contributed by atoms with Crippen molar-refractivity contribution in [2.75, 3.05) is 13.1 Å². The van der Waals surface area contributed by atoms with Crippen LogP contribution in [0.15, 0.2) is 48.5 Å². The molecule has 0 fully saturated rings. The van der Waals surface area contributed by atoms with Gasteiger partial charge in [-0.05, 0) is 48.2 Å². The molecule has 2 aromatic carbocycles. The van der Waals surface area contributed by atoms with Crippen LogP contribution in [-0.4, -0.2) is 13.1 Å². The lowest BCUT2D eigenvalue weighted by molar-refractivity contribution is 0.590. The van der Waals surface area contributed by atoms with E-state index in [1.54, 1.807) is 12.1 Å². The van der Waals surface area contributed by atoms with Crippen molar-refractivity contribution in [1.29, 1.82) is 0 Å². The van der Waals surface area contributed by atoms with Crippen LogP contribution in [0, 0.1) is 5.82 Å². The summed E-state index contributed by atoms with van der Waals surface area (Å²) in [5.41, 5.74) is 3.89. The van der Waals surface area contributed by atoms with Gasteiger partial charge in [-0.1, -0.05) is 50.2 Å². The Kier molecular flexibility index (Phi) is 5.94. The summed E-state index contributed by atoms with van der Waals surface area (Å²) in [6.07, 6.45) is 2.04. The van der Waals surface area contributed by atoms with Gasteiger partial charge in [0.1, 0.15) is 5.82 Å². The van der Waals surface area contributed by atoms with E-state index in [1.165, 1.54) is 16.7 Å². The van der Waals surface area contributed by atoms with Crippen LogP contribution < -0.4 is 5.32 Å². The minimum atomic E-state index is -0.173. The highest BCUT2D eigenvalue weighted by Crippen LogP contribution is 2.21. The first-order valence-electron chi connectivity index (χ1n) is 7.77. The molecular formula is C19H24FN. The fourth-order valence-electron chi connectivity index (χ4n) is 2.56. The molecule has 112 valence electrons. The average molecular weight is 285 g/mol. The normalized spacial score (nSPS) is 12.3. The van der Waals surface area contributed by atoms with E-state index < -0.39 is 0 Å². The van der Waals surface area contributed by atoms with E-state index in [4.69, 9.17) is 0 Å². The van der Waals surface area contributed by atoms with Gasteiger partial charge in [0.15, 0.2) is 0 Å². The molecule has 0 aliphatic heterocycles. The number of aryl methyl sites for hydroxylation is 1. The highest BCUT2D eigenvalue weighted by molar-refractivity contribution is 5.27. The van der Waals surface area contributed by atoms with Gasteiger partial charge in [-0.2, -0.15) is 0 Å². The first kappa shape index (κ1) is 15.7. The van der Waals surface area contributed by atoms with Gasteiger partial charge >= 0.3 is 0 Å². The van der Waals surface area contributed by atoms with E-state index in [0.717, 1.165) is 25.9 Å². The second kappa shape index (κ2) is 7.94. The highest BCUT2D eigenvalue weighted by atomic mass is 19.1. The third-order valence-electron chi connectivity index (χ3n) is 3.90. The van der Waals surface area contributed by atoms with Crippen LogP contribution in [0.4, 0.5) is 4.39 Å². The fraction of sp³-hybridized carbons (Fsp3) is 0.368. The van der Waals surface area contributed by atoms with E-state index >= 15 is 0 Å². The third kappa shape index (κ3) is 4.68. The molecule has 1 nitrogen and oxygen atoms in total. The zero-order valence-electron chi connectivity index (χ0n) is 12.9. The van der Waals surface area contributed by atoms with Gasteiger partial charge in [0.05, 0.1) is 0 Å². The third-order valence-corrected chi connectivity index (χ3v) is 3.90. The molecule has 1 unspecified atom stereocenters. The summed E-state index contributed by atoms with van der Waals surface area (Å²) in [6.45, 7) is 6.14. The molecule has 1 N–H and O–H groups in total. The monoisotopic (exact) mass is 285 g/mol. The second-order valence-corrected chi connectivity index (χ2v) is 5.43. The number of hydrogen-bond donors (Lipinski definition) is 1. The number of benzene rings is 2. The van der Waals surface area contributed by atoms with Crippen LogP contribution in [0.2, 0.25) is 0 Å². The van der Waals surface area contributed by atoms with Crippen LogP contribution in [0.25, 0.3) is 0 Å². The Morgan fingerprint density at radius 3 is 2.10 bits per heavy atom. The van der Waals surface area contributed by atoms with Gasteiger partial charge < -0.3 is 5.32 Å². The molecule has 0 amide bonds. The predicted molar refractivity (Wildman–Crippen MR) is 87.2 cm³/mol. The Hall–Kier alpha value is -1.67. The lowest BCUT2D eigenvalue weighted by Gasteiger charge is -2.18. The van der Waals surface area contributed by atoms with Crippen molar-refractivity contribution in [3.8, 4) is 0 Å². The smallest absolute Gasteiger partial charge is 0.123 e. The average Bonchev–Trinajstić information content (AvgIpc) is 2.53. The Labute approximate surface area is 127 Å². The van der Waals surface area contributed by atoms with Crippen molar-refractivity contribution in [3.05, 3.63) is 71.0 Å². The first-order valence-corrected chi connectivity index (χ1v) is 7.77. The lowest BCUT2D eigenvalue weighted by atomic mass is 9.91. The molecule has 0 aromatic heterocycles. The van der Waals surface area contributed by atoms with Crippen LogP contribution in [-0.2, 0) is 12.8 Å². The van der Waals surface area contributed by atoms with Crippen molar-refractivity contribution in [3.63, 3.8) is 0 Å². The largest absolute Gasteiger partial charge is 0.316 e. The quantitative estimate of drug-likeness (QED) is 0.798. The van der Waals surface area contributed by atoms with Crippen LogP contribution in [0.1, 0.15) is 36.5 Å². The van der Waals surface area contributed by atoms with Crippen LogP contribution in [0.5, 0.6) is 0 Å². The van der Waals surface area contributed by atoms with Crippen LogP contribution >= 0.6 is 0 Å². The Balaban J connectivity index is 2.13. The number of nitrogens with one attached hydrogen (secondary N) is 1. The molecule has 0 spiro atoms. The Bertz CT molecular complexity index is 530. The first-order chi connectivity index (χ1) is 10.2. The van der Waals surface area contributed by atoms with Gasteiger partial charge in [-0.15, -0.1) is 0 Å². The highest BCUT2D eigenvalue weighted by Gasteiger charge is 2.12. The minimum absolute atomic E-state index is 0.173. The summed E-state index contributed by atoms with van der Waals surface area (Å²) >= 11 is 0. The van der Waals surface area contributed by atoms with E-state index in [1.807, 2.05) is 12.1 Å². The minimum Gasteiger partial charge on any atom is -0.316 e. The van der Waals surface area contributed by atoms with Gasteiger partial charge in [0.2, 0.25) is 0 Å². The maximum atomic E-state index is 13.1. The van der Waals surface area contributed by atoms with Crippen LogP contribution in [0.3, 0.4) is 0 Å². The Morgan fingerprint density at radius 2 is 1.52 bits per heavy atom. The summed E-state index contributed by atoms with van der Waals surface area (Å²) in [6, 6.07) is 15.7. The molecule has 0 heterocycles. The van der Waals surface area contributed by atoms with Gasteiger partial charge in [0, 0.05) is 12.5 Å². The molecular weight excluding hydrogens is 261 g/mol. The lowest BCUT2D eigenvalue weighted by Crippen LogP contribution is -2.22. The van der Waals surface area contributed by atoms with Crippen molar-refractivity contribution in [2.24, 2.45) is 0 Å². The number of likely N-dealkylation sites (N-methyl/N-ethyl adjacent to an activating group) is 1. The summed E-state index contributed by atoms with van der Waals surface area (Å²) in [5, 5.41) is 3.41. The zero-order chi connectivity index (χ0) is 15.1. The number of hydrogen-bond acceptors (Lipinski definition) is 1. The second-order valence-electron chi connectivity index (χ2n) is 5.43. The molecule has 0 aliphatic rings. The van der Waals surface area contributed by atoms with Crippen molar-refractivity contribution < 1.29 is 4.39 Å². The van der Waals surface area contributed by atoms with Gasteiger partial charge in [0.25, 0.3) is 0 Å². The summed E-state index contributed by atoms with van der Waals surface area (Å²) in [5.74, 6) is 0.200. The molecule has 0 bridgehead atoms. The SMILES string of the molecule is CCNCC(Cc1ccc(CC)cc1)c1ccc(F)cc1. The maximum absolute atomic E-state index is 13.1. The number of rotatable bonds is 7. The molecule has 0 saturated carbocycles. The van der Waals surface area contributed by atoms with Crippen molar-refractivity contribution in [1.82, 2.24) is 5.32 Å². The molecule has 0 saturated heterocycles. The fourth-order valence-corrected chi connectivity index (χ4v) is 2.56. The molecule has 21 heavy (non-hydrogen) atoms. The predicted octanol–water partition coefficient (Wildman–Crippen LogP) is 4.32. The molecule has 2 rings (SSSR count). The maximum Gasteiger partial charge on any atom is 0.123 e. The topological polar surface area (TPSA) is 12.0 Å². The molecule has 0 radical (unpaired) electrons. The molecule has 1 atom stereocenters. The molecule has 2 heteroatoms. The summed E-state index contributed by atoms with van der Waals surface area (Å²) in [7, 11) is 0. The molecule has 0 aliphatic carbocycles. The summed E-state index contributed by atoms with van der Waals surface area (Å²) < 4.78 is 13.1.